The largest absolute Gasteiger partial charge is 0.422 e. The summed E-state index contributed by atoms with van der Waals surface area (Å²) in [6.45, 7) is 5.74. The molecule has 1 N–H and O–H groups in total. The molecule has 1 aliphatic rings. The van der Waals surface area contributed by atoms with Gasteiger partial charge in [-0.25, -0.2) is 0 Å². The zero-order valence-corrected chi connectivity index (χ0v) is 20.7. The van der Waals surface area contributed by atoms with Crippen LogP contribution in [0.1, 0.15) is 31.4 Å². The Bertz CT molecular complexity index is 1500. The van der Waals surface area contributed by atoms with Crippen LogP contribution in [-0.2, 0) is 6.18 Å². The smallest absolute Gasteiger partial charge is 0.417 e. The molecule has 11 heteroatoms. The van der Waals surface area contributed by atoms with Crippen LogP contribution < -0.4 is 15.0 Å². The van der Waals surface area contributed by atoms with E-state index in [4.69, 9.17) is 10.00 Å². The molecule has 0 radical (unpaired) electrons. The Morgan fingerprint density at radius 1 is 1.03 bits per heavy atom. The number of fused-ring (bicyclic) bond motifs is 1. The van der Waals surface area contributed by atoms with E-state index in [1.54, 1.807) is 18.3 Å². The number of aromatic nitrogens is 4. The fraction of sp³-hybridized carbons (Fsp3) is 0.296. The first kappa shape index (κ1) is 25.2. The molecule has 2 aromatic carbocycles. The normalized spacial score (nSPS) is 17.7. The quantitative estimate of drug-likeness (QED) is 0.327. The van der Waals surface area contributed by atoms with E-state index >= 15 is 0 Å². The maximum atomic E-state index is 13.5. The molecule has 3 heterocycles. The number of para-hydroxylation sites is 1. The van der Waals surface area contributed by atoms with Crippen LogP contribution in [0.5, 0.6) is 11.8 Å². The summed E-state index contributed by atoms with van der Waals surface area (Å²) in [5.74, 6) is 1.62. The van der Waals surface area contributed by atoms with Gasteiger partial charge in [-0.3, -0.25) is 4.98 Å². The predicted octanol–water partition coefficient (Wildman–Crippen LogP) is 6.33. The van der Waals surface area contributed by atoms with Gasteiger partial charge in [-0.2, -0.15) is 33.4 Å². The Labute approximate surface area is 217 Å². The van der Waals surface area contributed by atoms with Crippen molar-refractivity contribution in [3.63, 3.8) is 0 Å². The molecule has 0 amide bonds. The van der Waals surface area contributed by atoms with Gasteiger partial charge in [0.25, 0.3) is 0 Å². The molecule has 38 heavy (non-hydrogen) atoms. The minimum absolute atomic E-state index is 0.0157. The van der Waals surface area contributed by atoms with Crippen molar-refractivity contribution >= 4 is 28.5 Å². The van der Waals surface area contributed by atoms with Crippen LogP contribution in [0.3, 0.4) is 0 Å². The number of nitriles is 1. The second-order valence-electron chi connectivity index (χ2n) is 9.52. The van der Waals surface area contributed by atoms with E-state index in [0.717, 1.165) is 37.0 Å². The number of benzene rings is 2. The maximum absolute atomic E-state index is 13.5. The SMILES string of the molecule is CC1CC(C)CN(c2nc(Nc3ccc(C#N)c(C(F)(F)F)c3)nc(Oc3cccc4cccnc34)n2)C1. The second kappa shape index (κ2) is 10.1. The molecule has 1 aliphatic heterocycles. The highest BCUT2D eigenvalue weighted by atomic mass is 19.4. The van der Waals surface area contributed by atoms with Crippen molar-refractivity contribution in [1.29, 1.82) is 5.26 Å². The summed E-state index contributed by atoms with van der Waals surface area (Å²) in [6, 6.07) is 14.1. The number of ether oxygens (including phenoxy) is 1. The first-order valence-corrected chi connectivity index (χ1v) is 12.1. The van der Waals surface area contributed by atoms with Crippen LogP contribution in [0.2, 0.25) is 0 Å². The van der Waals surface area contributed by atoms with Crippen LogP contribution >= 0.6 is 0 Å². The van der Waals surface area contributed by atoms with E-state index in [0.29, 0.717) is 29.1 Å². The zero-order valence-electron chi connectivity index (χ0n) is 20.7. The third-order valence-electron chi connectivity index (χ3n) is 6.25. The van der Waals surface area contributed by atoms with Gasteiger partial charge in [0.15, 0.2) is 5.75 Å². The summed E-state index contributed by atoms with van der Waals surface area (Å²) in [4.78, 5) is 19.8. The van der Waals surface area contributed by atoms with Crippen molar-refractivity contribution in [2.24, 2.45) is 11.8 Å². The van der Waals surface area contributed by atoms with Crippen molar-refractivity contribution in [1.82, 2.24) is 19.9 Å². The first-order chi connectivity index (χ1) is 18.2. The molecule has 194 valence electrons. The van der Waals surface area contributed by atoms with Crippen LogP contribution in [0, 0.1) is 23.2 Å². The van der Waals surface area contributed by atoms with E-state index in [1.807, 2.05) is 29.2 Å². The molecule has 1 fully saturated rings. The molecule has 5 rings (SSSR count). The number of nitrogens with zero attached hydrogens (tertiary/aromatic N) is 6. The number of halogens is 3. The molecular weight excluding hydrogens is 495 g/mol. The molecule has 2 atom stereocenters. The van der Waals surface area contributed by atoms with Gasteiger partial charge >= 0.3 is 12.2 Å². The van der Waals surface area contributed by atoms with E-state index in [9.17, 15) is 13.2 Å². The Kier molecular flexibility index (Phi) is 6.72. The average molecular weight is 520 g/mol. The molecule has 0 saturated carbocycles. The van der Waals surface area contributed by atoms with Crippen LogP contribution in [-0.4, -0.2) is 33.0 Å². The standard InChI is InChI=1S/C27H24F3N7O/c1-16-11-17(2)15-37(14-16)25-34-24(33-20-9-8-19(13-31)21(12-20)27(28,29)30)35-26(36-25)38-22-7-3-5-18-6-4-10-32-23(18)22/h3-10,12,16-17H,11,14-15H2,1-2H3,(H,33,34,35,36). The van der Waals surface area contributed by atoms with Gasteiger partial charge in [0.05, 0.1) is 17.2 Å². The number of nitrogens with one attached hydrogen (secondary N) is 1. The molecule has 1 saturated heterocycles. The molecule has 0 spiro atoms. The second-order valence-corrected chi connectivity index (χ2v) is 9.52. The van der Waals surface area contributed by atoms with Gasteiger partial charge in [0.1, 0.15) is 5.52 Å². The van der Waals surface area contributed by atoms with Crippen LogP contribution in [0.25, 0.3) is 10.9 Å². The van der Waals surface area contributed by atoms with Crippen molar-refractivity contribution in [3.05, 3.63) is 65.9 Å². The van der Waals surface area contributed by atoms with Gasteiger partial charge in [-0.1, -0.05) is 32.0 Å². The molecule has 2 unspecified atom stereocenters. The molecule has 2 aromatic heterocycles. The number of piperidine rings is 1. The lowest BCUT2D eigenvalue weighted by molar-refractivity contribution is -0.137. The molecular formula is C27H24F3N7O. The van der Waals surface area contributed by atoms with Gasteiger partial charge in [-0.05, 0) is 48.6 Å². The van der Waals surface area contributed by atoms with Gasteiger partial charge in [-0.15, -0.1) is 0 Å². The van der Waals surface area contributed by atoms with Crippen molar-refractivity contribution in [2.45, 2.75) is 26.4 Å². The highest BCUT2D eigenvalue weighted by Crippen LogP contribution is 2.35. The fourth-order valence-electron chi connectivity index (χ4n) is 4.76. The summed E-state index contributed by atoms with van der Waals surface area (Å²) in [6.07, 6.45) is -1.97. The van der Waals surface area contributed by atoms with Gasteiger partial charge in [0, 0.05) is 30.4 Å². The Morgan fingerprint density at radius 2 is 1.79 bits per heavy atom. The number of rotatable bonds is 5. The molecule has 0 aliphatic carbocycles. The fourth-order valence-corrected chi connectivity index (χ4v) is 4.76. The number of pyridine rings is 1. The molecule has 0 bridgehead atoms. The van der Waals surface area contributed by atoms with Gasteiger partial charge in [0.2, 0.25) is 11.9 Å². The van der Waals surface area contributed by atoms with E-state index in [1.165, 1.54) is 6.07 Å². The lowest BCUT2D eigenvalue weighted by Gasteiger charge is -2.35. The monoisotopic (exact) mass is 519 g/mol. The lowest BCUT2D eigenvalue weighted by atomic mass is 9.92. The molecule has 4 aromatic rings. The minimum atomic E-state index is -4.69. The maximum Gasteiger partial charge on any atom is 0.417 e. The number of alkyl halides is 3. The first-order valence-electron chi connectivity index (χ1n) is 12.1. The topological polar surface area (TPSA) is 99.9 Å². The van der Waals surface area contributed by atoms with Gasteiger partial charge < -0.3 is 15.0 Å². The number of hydrogen-bond acceptors (Lipinski definition) is 8. The average Bonchev–Trinajstić information content (AvgIpc) is 2.88. The number of anilines is 3. The van der Waals surface area contributed by atoms with Crippen molar-refractivity contribution in [3.8, 4) is 17.8 Å². The van der Waals surface area contributed by atoms with E-state index in [-0.39, 0.29) is 17.6 Å². The number of hydrogen-bond donors (Lipinski definition) is 1. The summed E-state index contributed by atoms with van der Waals surface area (Å²) in [7, 11) is 0. The Morgan fingerprint density at radius 3 is 2.53 bits per heavy atom. The Hall–Kier alpha value is -4.46. The summed E-state index contributed by atoms with van der Waals surface area (Å²) < 4.78 is 46.6. The summed E-state index contributed by atoms with van der Waals surface area (Å²) in [5.41, 5.74) is -0.820. The summed E-state index contributed by atoms with van der Waals surface area (Å²) in [5, 5.41) is 12.8. The third kappa shape index (κ3) is 5.44. The lowest BCUT2D eigenvalue weighted by Crippen LogP contribution is -2.39. The van der Waals surface area contributed by atoms with Crippen molar-refractivity contribution < 1.29 is 17.9 Å². The van der Waals surface area contributed by atoms with Crippen LogP contribution in [0.15, 0.2) is 54.7 Å². The van der Waals surface area contributed by atoms with Crippen LogP contribution in [0.4, 0.5) is 30.8 Å². The zero-order chi connectivity index (χ0) is 26.9. The minimum Gasteiger partial charge on any atom is -0.422 e. The van der Waals surface area contributed by atoms with E-state index in [2.05, 4.69) is 39.1 Å². The third-order valence-corrected chi connectivity index (χ3v) is 6.25. The molecule has 8 nitrogen and oxygen atoms in total. The summed E-state index contributed by atoms with van der Waals surface area (Å²) >= 11 is 0. The van der Waals surface area contributed by atoms with E-state index < -0.39 is 17.3 Å². The highest BCUT2D eigenvalue weighted by Gasteiger charge is 2.34. The van der Waals surface area contributed by atoms with Crippen molar-refractivity contribution in [2.75, 3.05) is 23.3 Å². The highest BCUT2D eigenvalue weighted by molar-refractivity contribution is 5.84. The predicted molar refractivity (Wildman–Crippen MR) is 136 cm³/mol. The Balaban J connectivity index is 1.54.